The van der Waals surface area contributed by atoms with Gasteiger partial charge in [-0.15, -0.1) is 11.3 Å². The first-order chi connectivity index (χ1) is 9.67. The Labute approximate surface area is 123 Å². The summed E-state index contributed by atoms with van der Waals surface area (Å²) in [5, 5.41) is 0.864. The molecule has 0 unspecified atom stereocenters. The molecule has 0 aliphatic carbocycles. The number of hydrogen-bond acceptors (Lipinski definition) is 4. The van der Waals surface area contributed by atoms with Crippen molar-refractivity contribution in [1.82, 2.24) is 4.98 Å². The van der Waals surface area contributed by atoms with Crippen molar-refractivity contribution in [2.24, 2.45) is 0 Å². The van der Waals surface area contributed by atoms with Crippen molar-refractivity contribution in [2.45, 2.75) is 33.6 Å². The minimum Gasteiger partial charge on any atom is -0.493 e. The molecule has 0 saturated heterocycles. The minimum absolute atomic E-state index is 0.0890. The van der Waals surface area contributed by atoms with Crippen LogP contribution >= 0.6 is 11.3 Å². The number of para-hydroxylation sites is 1. The second-order valence-electron chi connectivity index (χ2n) is 4.53. The van der Waals surface area contributed by atoms with Crippen LogP contribution in [0.15, 0.2) is 24.3 Å². The van der Waals surface area contributed by atoms with Crippen molar-refractivity contribution in [1.29, 1.82) is 0 Å². The molecule has 0 spiro atoms. The van der Waals surface area contributed by atoms with Gasteiger partial charge in [-0.1, -0.05) is 25.5 Å². The number of rotatable bonds is 6. The second kappa shape index (κ2) is 6.66. The molecule has 0 fully saturated rings. The highest BCUT2D eigenvalue weighted by molar-refractivity contribution is 7.17. The summed E-state index contributed by atoms with van der Waals surface area (Å²) in [6, 6.07) is 7.84. The molecule has 106 valence electrons. The van der Waals surface area contributed by atoms with Gasteiger partial charge < -0.3 is 4.74 Å². The molecular weight excluding hydrogens is 270 g/mol. The van der Waals surface area contributed by atoms with Gasteiger partial charge in [0.15, 0.2) is 5.78 Å². The van der Waals surface area contributed by atoms with Crippen LogP contribution in [-0.2, 0) is 6.42 Å². The van der Waals surface area contributed by atoms with Crippen LogP contribution in [0.5, 0.6) is 5.75 Å². The molecule has 0 N–H and O–H groups in total. The van der Waals surface area contributed by atoms with E-state index in [1.165, 1.54) is 11.3 Å². The van der Waals surface area contributed by atoms with Gasteiger partial charge in [0.25, 0.3) is 0 Å². The van der Waals surface area contributed by atoms with Crippen LogP contribution in [0.4, 0.5) is 0 Å². The Morgan fingerprint density at radius 1 is 1.30 bits per heavy atom. The van der Waals surface area contributed by atoms with E-state index >= 15 is 0 Å². The minimum atomic E-state index is 0.0890. The molecule has 0 radical (unpaired) electrons. The Morgan fingerprint density at radius 3 is 2.70 bits per heavy atom. The van der Waals surface area contributed by atoms with Gasteiger partial charge in [-0.25, -0.2) is 4.98 Å². The second-order valence-corrected chi connectivity index (χ2v) is 5.53. The van der Waals surface area contributed by atoms with Crippen LogP contribution in [0.25, 0.3) is 10.6 Å². The summed E-state index contributed by atoms with van der Waals surface area (Å²) in [7, 11) is 0. The summed E-state index contributed by atoms with van der Waals surface area (Å²) >= 11 is 1.46. The SMILES string of the molecule is CCCc1nc(-c2ccccc2OCC)sc1C(C)=O. The Bertz CT molecular complexity index is 604. The summed E-state index contributed by atoms with van der Waals surface area (Å²) in [6.07, 6.45) is 1.82. The number of aryl methyl sites for hydroxylation is 1. The molecular formula is C16H19NO2S. The van der Waals surface area contributed by atoms with E-state index in [0.29, 0.717) is 6.61 Å². The maximum Gasteiger partial charge on any atom is 0.171 e. The van der Waals surface area contributed by atoms with Gasteiger partial charge in [0.05, 0.1) is 22.7 Å². The van der Waals surface area contributed by atoms with E-state index in [2.05, 4.69) is 11.9 Å². The van der Waals surface area contributed by atoms with E-state index in [1.54, 1.807) is 6.92 Å². The fraction of sp³-hybridized carbons (Fsp3) is 0.375. The standard InChI is InChI=1S/C16H19NO2S/c1-4-8-13-15(11(3)18)20-16(17-13)12-9-6-7-10-14(12)19-5-2/h6-7,9-10H,4-5,8H2,1-3H3. The van der Waals surface area contributed by atoms with E-state index in [-0.39, 0.29) is 5.78 Å². The van der Waals surface area contributed by atoms with E-state index in [0.717, 1.165) is 39.7 Å². The van der Waals surface area contributed by atoms with Crippen LogP contribution in [0, 0.1) is 0 Å². The van der Waals surface area contributed by atoms with Crippen LogP contribution in [0.1, 0.15) is 42.6 Å². The van der Waals surface area contributed by atoms with Crippen LogP contribution < -0.4 is 4.74 Å². The van der Waals surface area contributed by atoms with Gasteiger partial charge >= 0.3 is 0 Å². The Balaban J connectivity index is 2.47. The highest BCUT2D eigenvalue weighted by atomic mass is 32.1. The first-order valence-corrected chi connectivity index (χ1v) is 7.71. The Hall–Kier alpha value is -1.68. The summed E-state index contributed by atoms with van der Waals surface area (Å²) in [5.41, 5.74) is 1.87. The molecule has 2 rings (SSSR count). The molecule has 0 atom stereocenters. The van der Waals surface area contributed by atoms with Gasteiger partial charge in [0, 0.05) is 6.92 Å². The lowest BCUT2D eigenvalue weighted by Gasteiger charge is -2.07. The molecule has 0 saturated carbocycles. The lowest BCUT2D eigenvalue weighted by atomic mass is 10.2. The van der Waals surface area contributed by atoms with E-state index < -0.39 is 0 Å². The van der Waals surface area contributed by atoms with Crippen molar-refractivity contribution in [3.8, 4) is 16.3 Å². The van der Waals surface area contributed by atoms with E-state index in [1.807, 2.05) is 31.2 Å². The molecule has 2 aromatic rings. The van der Waals surface area contributed by atoms with Crippen molar-refractivity contribution in [3.63, 3.8) is 0 Å². The normalized spacial score (nSPS) is 10.6. The molecule has 0 bridgehead atoms. The molecule has 0 aliphatic rings. The summed E-state index contributed by atoms with van der Waals surface area (Å²) in [6.45, 7) is 6.27. The van der Waals surface area contributed by atoms with Gasteiger partial charge in [0.2, 0.25) is 0 Å². The van der Waals surface area contributed by atoms with Crippen molar-refractivity contribution in [3.05, 3.63) is 34.8 Å². The first kappa shape index (κ1) is 14.7. The summed E-state index contributed by atoms with van der Waals surface area (Å²) < 4.78 is 5.64. The number of ether oxygens (including phenoxy) is 1. The Kier molecular flexibility index (Phi) is 4.90. The molecule has 1 heterocycles. The number of carbonyl (C=O) groups is 1. The number of aromatic nitrogens is 1. The first-order valence-electron chi connectivity index (χ1n) is 6.90. The zero-order chi connectivity index (χ0) is 14.5. The third kappa shape index (κ3) is 3.07. The zero-order valence-electron chi connectivity index (χ0n) is 12.1. The maximum absolute atomic E-state index is 11.7. The zero-order valence-corrected chi connectivity index (χ0v) is 12.9. The number of ketones is 1. The van der Waals surface area contributed by atoms with Crippen LogP contribution in [-0.4, -0.2) is 17.4 Å². The van der Waals surface area contributed by atoms with Crippen molar-refractivity contribution < 1.29 is 9.53 Å². The lowest BCUT2D eigenvalue weighted by molar-refractivity contribution is 0.102. The number of benzene rings is 1. The van der Waals surface area contributed by atoms with E-state index in [9.17, 15) is 4.79 Å². The summed E-state index contributed by atoms with van der Waals surface area (Å²) in [4.78, 5) is 17.2. The molecule has 20 heavy (non-hydrogen) atoms. The fourth-order valence-corrected chi connectivity index (χ4v) is 3.11. The number of carbonyl (C=O) groups excluding carboxylic acids is 1. The third-order valence-electron chi connectivity index (χ3n) is 2.92. The highest BCUT2D eigenvalue weighted by Gasteiger charge is 2.17. The van der Waals surface area contributed by atoms with Gasteiger partial charge in [-0.05, 0) is 25.5 Å². The predicted molar refractivity (Wildman–Crippen MR) is 82.7 cm³/mol. The van der Waals surface area contributed by atoms with Crippen LogP contribution in [0.3, 0.4) is 0 Å². The molecule has 3 nitrogen and oxygen atoms in total. The number of hydrogen-bond donors (Lipinski definition) is 0. The maximum atomic E-state index is 11.7. The average molecular weight is 289 g/mol. The smallest absolute Gasteiger partial charge is 0.171 e. The quantitative estimate of drug-likeness (QED) is 0.741. The molecule has 0 amide bonds. The summed E-state index contributed by atoms with van der Waals surface area (Å²) in [5.74, 6) is 0.910. The van der Waals surface area contributed by atoms with E-state index in [4.69, 9.17) is 4.74 Å². The predicted octanol–water partition coefficient (Wildman–Crippen LogP) is 4.36. The molecule has 0 aliphatic heterocycles. The van der Waals surface area contributed by atoms with Gasteiger partial charge in [0.1, 0.15) is 10.8 Å². The molecule has 4 heteroatoms. The number of nitrogens with zero attached hydrogens (tertiary/aromatic N) is 1. The average Bonchev–Trinajstić information content (AvgIpc) is 2.84. The fourth-order valence-electron chi connectivity index (χ4n) is 2.07. The largest absolute Gasteiger partial charge is 0.493 e. The molecule has 1 aromatic carbocycles. The molecule has 1 aromatic heterocycles. The number of thiazole rings is 1. The Morgan fingerprint density at radius 2 is 2.05 bits per heavy atom. The highest BCUT2D eigenvalue weighted by Crippen LogP contribution is 2.35. The lowest BCUT2D eigenvalue weighted by Crippen LogP contribution is -1.95. The third-order valence-corrected chi connectivity index (χ3v) is 4.15. The van der Waals surface area contributed by atoms with Gasteiger partial charge in [-0.3, -0.25) is 4.79 Å². The monoisotopic (exact) mass is 289 g/mol. The van der Waals surface area contributed by atoms with Crippen molar-refractivity contribution >= 4 is 17.1 Å². The van der Waals surface area contributed by atoms with Crippen LogP contribution in [0.2, 0.25) is 0 Å². The van der Waals surface area contributed by atoms with Gasteiger partial charge in [-0.2, -0.15) is 0 Å². The van der Waals surface area contributed by atoms with Crippen molar-refractivity contribution in [2.75, 3.05) is 6.61 Å². The topological polar surface area (TPSA) is 39.2 Å². The number of Topliss-reactive ketones (excluding diaryl/α,β-unsaturated/α-hetero) is 1.